The summed E-state index contributed by atoms with van der Waals surface area (Å²) >= 11 is 0. The Morgan fingerprint density at radius 1 is 1.06 bits per heavy atom. The van der Waals surface area contributed by atoms with Gasteiger partial charge in [-0.1, -0.05) is 41.3 Å². The molecule has 0 fully saturated rings. The van der Waals surface area contributed by atoms with E-state index in [0.29, 0.717) is 28.0 Å². The number of aromatic nitrogens is 1. The summed E-state index contributed by atoms with van der Waals surface area (Å²) in [6.07, 6.45) is 3.11. The van der Waals surface area contributed by atoms with Gasteiger partial charge in [0.15, 0.2) is 5.76 Å². The van der Waals surface area contributed by atoms with Crippen LogP contribution in [0.5, 0.6) is 0 Å². The summed E-state index contributed by atoms with van der Waals surface area (Å²) in [7, 11) is -3.47. The standard InChI is InChI=1S/C27H26N2O5S/c1-27(2,3)34-29-23-17-26(24-16-20-10-5-6-11-21(20)18-28-24)33-25-15-19(12-13-22(23)25)9-7-8-14-32-35(4,30)31/h5-6,10-13,15-18H,8,14H2,1-4H3/b29-23+. The second-order valence-corrected chi connectivity index (χ2v) is 10.6. The van der Waals surface area contributed by atoms with Crippen molar-refractivity contribution in [1.82, 2.24) is 4.98 Å². The number of nitrogens with zero attached hydrogens (tertiary/aromatic N) is 2. The zero-order valence-electron chi connectivity index (χ0n) is 20.0. The zero-order valence-corrected chi connectivity index (χ0v) is 20.8. The number of hydrogen-bond acceptors (Lipinski definition) is 7. The van der Waals surface area contributed by atoms with Gasteiger partial charge in [-0.05, 0) is 50.4 Å². The molecule has 2 aromatic heterocycles. The molecule has 0 spiro atoms. The topological polar surface area (TPSA) is 91.0 Å². The first-order chi connectivity index (χ1) is 16.6. The fraction of sp³-hybridized carbons (Fsp3) is 0.259. The Labute approximate surface area is 204 Å². The highest BCUT2D eigenvalue weighted by molar-refractivity contribution is 7.85. The van der Waals surface area contributed by atoms with Crippen LogP contribution < -0.4 is 5.36 Å². The van der Waals surface area contributed by atoms with Crippen LogP contribution in [0.2, 0.25) is 0 Å². The highest BCUT2D eigenvalue weighted by atomic mass is 32.2. The van der Waals surface area contributed by atoms with E-state index in [9.17, 15) is 8.42 Å². The lowest BCUT2D eigenvalue weighted by Gasteiger charge is -2.15. The average Bonchev–Trinajstić information content (AvgIpc) is 2.80. The van der Waals surface area contributed by atoms with Crippen molar-refractivity contribution in [1.29, 1.82) is 0 Å². The Balaban J connectivity index is 1.76. The average molecular weight is 491 g/mol. The molecular formula is C27H26N2O5S. The van der Waals surface area contributed by atoms with Crippen molar-refractivity contribution in [2.24, 2.45) is 5.16 Å². The van der Waals surface area contributed by atoms with E-state index >= 15 is 0 Å². The lowest BCUT2D eigenvalue weighted by Crippen LogP contribution is -2.18. The Morgan fingerprint density at radius 2 is 1.83 bits per heavy atom. The molecule has 0 aliphatic carbocycles. The third-order valence-corrected chi connectivity index (χ3v) is 5.40. The van der Waals surface area contributed by atoms with E-state index in [4.69, 9.17) is 13.4 Å². The van der Waals surface area contributed by atoms with Crippen LogP contribution in [0.1, 0.15) is 32.8 Å². The van der Waals surface area contributed by atoms with E-state index in [1.807, 2.05) is 81.6 Å². The minimum Gasteiger partial charge on any atom is -0.454 e. The molecule has 0 N–H and O–H groups in total. The van der Waals surface area contributed by atoms with Crippen molar-refractivity contribution in [2.75, 3.05) is 12.9 Å². The molecular weight excluding hydrogens is 464 g/mol. The largest absolute Gasteiger partial charge is 0.454 e. The quantitative estimate of drug-likeness (QED) is 0.169. The smallest absolute Gasteiger partial charge is 0.264 e. The van der Waals surface area contributed by atoms with Gasteiger partial charge in [0.25, 0.3) is 10.1 Å². The summed E-state index contributed by atoms with van der Waals surface area (Å²) in [6.45, 7) is 5.80. The predicted octanol–water partition coefficient (Wildman–Crippen LogP) is 5.00. The minimum absolute atomic E-state index is 0.00867. The van der Waals surface area contributed by atoms with Crippen molar-refractivity contribution in [3.63, 3.8) is 0 Å². The van der Waals surface area contributed by atoms with Crippen molar-refractivity contribution < 1.29 is 21.9 Å². The second-order valence-electron chi connectivity index (χ2n) is 9.00. The van der Waals surface area contributed by atoms with Gasteiger partial charge in [-0.15, -0.1) is 0 Å². The molecule has 2 heterocycles. The van der Waals surface area contributed by atoms with Crippen LogP contribution >= 0.6 is 0 Å². The molecule has 0 bridgehead atoms. The Hall–Kier alpha value is -3.67. The van der Waals surface area contributed by atoms with Crippen LogP contribution in [0.25, 0.3) is 33.2 Å². The van der Waals surface area contributed by atoms with Gasteiger partial charge in [-0.3, -0.25) is 9.17 Å². The minimum atomic E-state index is -3.47. The lowest BCUT2D eigenvalue weighted by molar-refractivity contribution is -0.00586. The van der Waals surface area contributed by atoms with E-state index in [-0.39, 0.29) is 13.0 Å². The number of hydrogen-bond donors (Lipinski definition) is 0. The monoisotopic (exact) mass is 490 g/mol. The maximum absolute atomic E-state index is 11.1. The predicted molar refractivity (Wildman–Crippen MR) is 136 cm³/mol. The SMILES string of the molecule is CC(C)(C)O/N=c1\cc(-c2cc3ccccc3cn2)oc2cc(C#CCCOS(C)(=O)=O)ccc12. The molecule has 2 aromatic carbocycles. The van der Waals surface area contributed by atoms with Gasteiger partial charge in [-0.2, -0.15) is 8.42 Å². The molecule has 0 saturated heterocycles. The van der Waals surface area contributed by atoms with Crippen LogP contribution in [-0.4, -0.2) is 31.9 Å². The van der Waals surface area contributed by atoms with Crippen molar-refractivity contribution in [2.45, 2.75) is 32.8 Å². The first kappa shape index (κ1) is 24.5. The van der Waals surface area contributed by atoms with E-state index in [1.165, 1.54) is 0 Å². The van der Waals surface area contributed by atoms with Gasteiger partial charge in [0.2, 0.25) is 0 Å². The molecule has 8 heteroatoms. The molecule has 0 aliphatic rings. The van der Waals surface area contributed by atoms with Crippen molar-refractivity contribution in [3.8, 4) is 23.3 Å². The van der Waals surface area contributed by atoms with Gasteiger partial charge in [0.05, 0.1) is 12.9 Å². The number of rotatable bonds is 5. The summed E-state index contributed by atoms with van der Waals surface area (Å²) in [5.41, 5.74) is 1.51. The van der Waals surface area contributed by atoms with Crippen molar-refractivity contribution in [3.05, 3.63) is 71.7 Å². The lowest BCUT2D eigenvalue weighted by atomic mass is 10.1. The molecule has 180 valence electrons. The Kier molecular flexibility index (Phi) is 6.92. The fourth-order valence-corrected chi connectivity index (χ4v) is 3.65. The normalized spacial score (nSPS) is 12.5. The summed E-state index contributed by atoms with van der Waals surface area (Å²) in [5.74, 6) is 6.49. The maximum Gasteiger partial charge on any atom is 0.264 e. The van der Waals surface area contributed by atoms with Crippen LogP contribution in [0, 0.1) is 11.8 Å². The molecule has 0 radical (unpaired) electrons. The molecule has 0 amide bonds. The summed E-state index contributed by atoms with van der Waals surface area (Å²) in [5, 5.41) is 7.87. The van der Waals surface area contributed by atoms with E-state index in [0.717, 1.165) is 22.4 Å². The molecule has 7 nitrogen and oxygen atoms in total. The van der Waals surface area contributed by atoms with E-state index < -0.39 is 15.7 Å². The highest BCUT2D eigenvalue weighted by Gasteiger charge is 2.12. The van der Waals surface area contributed by atoms with Crippen LogP contribution in [-0.2, 0) is 19.1 Å². The van der Waals surface area contributed by atoms with E-state index in [1.54, 1.807) is 0 Å². The molecule has 35 heavy (non-hydrogen) atoms. The molecule has 4 rings (SSSR count). The Bertz CT molecular complexity index is 1620. The van der Waals surface area contributed by atoms with Crippen LogP contribution in [0.4, 0.5) is 0 Å². The zero-order chi connectivity index (χ0) is 25.1. The van der Waals surface area contributed by atoms with Crippen LogP contribution in [0.15, 0.2) is 70.4 Å². The van der Waals surface area contributed by atoms with Gasteiger partial charge in [0.1, 0.15) is 22.2 Å². The molecule has 0 atom stereocenters. The van der Waals surface area contributed by atoms with Gasteiger partial charge >= 0.3 is 0 Å². The molecule has 0 unspecified atom stereocenters. The number of benzene rings is 2. The van der Waals surface area contributed by atoms with E-state index in [2.05, 4.69) is 22.0 Å². The Morgan fingerprint density at radius 3 is 2.57 bits per heavy atom. The van der Waals surface area contributed by atoms with Gasteiger partial charge < -0.3 is 9.25 Å². The number of pyridine rings is 1. The summed E-state index contributed by atoms with van der Waals surface area (Å²) < 4.78 is 33.1. The molecule has 0 saturated carbocycles. The van der Waals surface area contributed by atoms with Gasteiger partial charge in [0, 0.05) is 35.0 Å². The second kappa shape index (κ2) is 9.90. The fourth-order valence-electron chi connectivity index (χ4n) is 3.26. The third-order valence-electron chi connectivity index (χ3n) is 4.80. The first-order valence-electron chi connectivity index (χ1n) is 11.1. The van der Waals surface area contributed by atoms with Crippen LogP contribution in [0.3, 0.4) is 0 Å². The van der Waals surface area contributed by atoms with Gasteiger partial charge in [-0.25, -0.2) is 0 Å². The summed E-state index contributed by atoms with van der Waals surface area (Å²) in [4.78, 5) is 10.3. The number of fused-ring (bicyclic) bond motifs is 2. The summed E-state index contributed by atoms with van der Waals surface area (Å²) in [6, 6.07) is 17.3. The maximum atomic E-state index is 11.1. The van der Waals surface area contributed by atoms with Crippen molar-refractivity contribution >= 4 is 31.9 Å². The first-order valence-corrected chi connectivity index (χ1v) is 12.9. The molecule has 0 aliphatic heterocycles. The third kappa shape index (κ3) is 6.69. The highest BCUT2D eigenvalue weighted by Crippen LogP contribution is 2.24. The molecule has 4 aromatic rings.